The fraction of sp³-hybridized carbons (Fsp3) is 0.409. The minimum absolute atomic E-state index is 0.0321. The molecule has 0 saturated carbocycles. The lowest BCUT2D eigenvalue weighted by molar-refractivity contribution is -0.0520. The molecular formula is C22H29F2N3O4. The molecule has 0 fully saturated rings. The molecular weight excluding hydrogens is 408 g/mol. The third-order valence-corrected chi connectivity index (χ3v) is 4.26. The van der Waals surface area contributed by atoms with E-state index in [0.29, 0.717) is 36.0 Å². The van der Waals surface area contributed by atoms with E-state index in [2.05, 4.69) is 20.4 Å². The molecule has 7 nitrogen and oxygen atoms in total. The first-order valence-corrected chi connectivity index (χ1v) is 10.0. The number of aliphatic imine (C=N–C) groups is 1. The van der Waals surface area contributed by atoms with Gasteiger partial charge < -0.3 is 30.0 Å². The molecule has 0 aliphatic rings. The van der Waals surface area contributed by atoms with Crippen LogP contribution in [0.4, 0.5) is 8.78 Å². The van der Waals surface area contributed by atoms with Gasteiger partial charge in [0.25, 0.3) is 0 Å². The van der Waals surface area contributed by atoms with E-state index in [-0.39, 0.29) is 24.6 Å². The average Bonchev–Trinajstić information content (AvgIpc) is 2.77. The monoisotopic (exact) mass is 437 g/mol. The van der Waals surface area contributed by atoms with E-state index in [0.717, 1.165) is 0 Å². The van der Waals surface area contributed by atoms with Crippen LogP contribution in [-0.4, -0.2) is 44.5 Å². The fourth-order valence-electron chi connectivity index (χ4n) is 2.84. The second-order valence-corrected chi connectivity index (χ2v) is 6.42. The molecule has 0 radical (unpaired) electrons. The van der Waals surface area contributed by atoms with Crippen LogP contribution < -0.4 is 24.8 Å². The summed E-state index contributed by atoms with van der Waals surface area (Å²) in [5.41, 5.74) is 1.15. The molecule has 0 bridgehead atoms. The molecule has 0 amide bonds. The molecule has 31 heavy (non-hydrogen) atoms. The van der Waals surface area contributed by atoms with Gasteiger partial charge in [-0.15, -0.1) is 0 Å². The Labute approximate surface area is 181 Å². The van der Waals surface area contributed by atoms with Crippen LogP contribution in [-0.2, 0) is 6.54 Å². The fourth-order valence-corrected chi connectivity index (χ4v) is 2.84. The Morgan fingerprint density at radius 1 is 1.13 bits per heavy atom. The van der Waals surface area contributed by atoms with E-state index in [1.54, 1.807) is 56.5 Å². The first-order valence-electron chi connectivity index (χ1n) is 10.0. The van der Waals surface area contributed by atoms with Gasteiger partial charge in [0, 0.05) is 18.7 Å². The van der Waals surface area contributed by atoms with Crippen LogP contribution in [0.25, 0.3) is 0 Å². The van der Waals surface area contributed by atoms with Gasteiger partial charge in [-0.3, -0.25) is 0 Å². The molecule has 2 aromatic rings. The SMILES string of the molecule is CCNC(=NCc1cccc(OCC)c1OC(F)F)NCC(O)c1cccc(OC)c1. The molecule has 0 saturated heterocycles. The molecule has 2 rings (SSSR count). The zero-order chi connectivity index (χ0) is 22.6. The Morgan fingerprint density at radius 2 is 1.90 bits per heavy atom. The normalized spacial score (nSPS) is 12.4. The minimum Gasteiger partial charge on any atom is -0.497 e. The number of ether oxygens (including phenoxy) is 3. The van der Waals surface area contributed by atoms with Crippen molar-refractivity contribution in [3.8, 4) is 17.2 Å². The Morgan fingerprint density at radius 3 is 2.58 bits per heavy atom. The Kier molecular flexibility index (Phi) is 9.83. The average molecular weight is 437 g/mol. The van der Waals surface area contributed by atoms with Crippen LogP contribution in [0.2, 0.25) is 0 Å². The van der Waals surface area contributed by atoms with Crippen molar-refractivity contribution in [2.75, 3.05) is 26.8 Å². The highest BCUT2D eigenvalue weighted by Crippen LogP contribution is 2.33. The van der Waals surface area contributed by atoms with Crippen molar-refractivity contribution in [3.63, 3.8) is 0 Å². The summed E-state index contributed by atoms with van der Waals surface area (Å²) in [6, 6.07) is 12.1. The molecule has 170 valence electrons. The van der Waals surface area contributed by atoms with Crippen molar-refractivity contribution in [1.82, 2.24) is 10.6 Å². The highest BCUT2D eigenvalue weighted by atomic mass is 19.3. The first-order chi connectivity index (χ1) is 15.0. The number of hydrogen-bond donors (Lipinski definition) is 3. The van der Waals surface area contributed by atoms with Crippen LogP contribution in [0.5, 0.6) is 17.2 Å². The maximum absolute atomic E-state index is 12.9. The molecule has 0 aliphatic heterocycles. The topological polar surface area (TPSA) is 84.3 Å². The molecule has 0 aromatic heterocycles. The second-order valence-electron chi connectivity index (χ2n) is 6.42. The van der Waals surface area contributed by atoms with E-state index in [4.69, 9.17) is 9.47 Å². The highest BCUT2D eigenvalue weighted by molar-refractivity contribution is 5.79. The number of rotatable bonds is 11. The van der Waals surface area contributed by atoms with Crippen molar-refractivity contribution in [3.05, 3.63) is 53.6 Å². The van der Waals surface area contributed by atoms with E-state index in [9.17, 15) is 13.9 Å². The molecule has 0 spiro atoms. The van der Waals surface area contributed by atoms with Crippen molar-refractivity contribution in [2.24, 2.45) is 4.99 Å². The maximum Gasteiger partial charge on any atom is 0.387 e. The van der Waals surface area contributed by atoms with Crippen LogP contribution in [0.15, 0.2) is 47.5 Å². The lowest BCUT2D eigenvalue weighted by atomic mass is 10.1. The van der Waals surface area contributed by atoms with Crippen LogP contribution >= 0.6 is 0 Å². The number of para-hydroxylation sites is 1. The number of alkyl halides is 2. The van der Waals surface area contributed by atoms with Crippen molar-refractivity contribution in [1.29, 1.82) is 0 Å². The number of benzene rings is 2. The molecule has 1 atom stereocenters. The molecule has 2 aromatic carbocycles. The summed E-state index contributed by atoms with van der Waals surface area (Å²) in [4.78, 5) is 4.43. The van der Waals surface area contributed by atoms with E-state index < -0.39 is 12.7 Å². The number of aliphatic hydroxyl groups is 1. The first kappa shape index (κ1) is 24.2. The maximum atomic E-state index is 12.9. The summed E-state index contributed by atoms with van der Waals surface area (Å²) < 4.78 is 41.0. The summed E-state index contributed by atoms with van der Waals surface area (Å²) in [6.07, 6.45) is -0.794. The Balaban J connectivity index is 2.12. The Hall–Kier alpha value is -3.07. The third-order valence-electron chi connectivity index (χ3n) is 4.26. The highest BCUT2D eigenvalue weighted by Gasteiger charge is 2.16. The predicted molar refractivity (Wildman–Crippen MR) is 115 cm³/mol. The summed E-state index contributed by atoms with van der Waals surface area (Å²) in [6.45, 7) is 1.85. The summed E-state index contributed by atoms with van der Waals surface area (Å²) >= 11 is 0. The van der Waals surface area contributed by atoms with Crippen LogP contribution in [0, 0.1) is 0 Å². The largest absolute Gasteiger partial charge is 0.497 e. The lowest BCUT2D eigenvalue weighted by Crippen LogP contribution is -2.39. The van der Waals surface area contributed by atoms with Gasteiger partial charge in [-0.05, 0) is 37.6 Å². The van der Waals surface area contributed by atoms with Gasteiger partial charge in [-0.2, -0.15) is 8.78 Å². The standard InChI is InChI=1S/C22H29F2N3O4/c1-4-25-22(27-14-18(28)15-8-6-10-17(12-15)29-3)26-13-16-9-7-11-19(30-5-2)20(16)31-21(23)24/h6-12,18,21,28H,4-5,13-14H2,1-3H3,(H2,25,26,27). The zero-order valence-corrected chi connectivity index (χ0v) is 17.9. The van der Waals surface area contributed by atoms with Crippen LogP contribution in [0.1, 0.15) is 31.1 Å². The van der Waals surface area contributed by atoms with Gasteiger partial charge in [0.05, 0.1) is 26.4 Å². The number of hydrogen-bond acceptors (Lipinski definition) is 5. The van der Waals surface area contributed by atoms with Crippen molar-refractivity contribution in [2.45, 2.75) is 33.1 Å². The third kappa shape index (κ3) is 7.60. The molecule has 1 unspecified atom stereocenters. The number of nitrogens with zero attached hydrogens (tertiary/aromatic N) is 1. The van der Waals surface area contributed by atoms with Gasteiger partial charge >= 0.3 is 6.61 Å². The number of nitrogens with one attached hydrogen (secondary N) is 2. The van der Waals surface area contributed by atoms with Gasteiger partial charge in [0.1, 0.15) is 5.75 Å². The minimum atomic E-state index is -2.98. The molecule has 9 heteroatoms. The van der Waals surface area contributed by atoms with Gasteiger partial charge in [0.15, 0.2) is 17.5 Å². The molecule has 3 N–H and O–H groups in total. The van der Waals surface area contributed by atoms with Gasteiger partial charge in [-0.1, -0.05) is 24.3 Å². The zero-order valence-electron chi connectivity index (χ0n) is 17.9. The second kappa shape index (κ2) is 12.6. The molecule has 0 aliphatic carbocycles. The summed E-state index contributed by atoms with van der Waals surface area (Å²) in [7, 11) is 1.56. The number of aliphatic hydroxyl groups excluding tert-OH is 1. The van der Waals surface area contributed by atoms with E-state index >= 15 is 0 Å². The Bertz CT molecular complexity index is 849. The number of halogens is 2. The molecule has 0 heterocycles. The van der Waals surface area contributed by atoms with Crippen molar-refractivity contribution >= 4 is 5.96 Å². The van der Waals surface area contributed by atoms with Crippen molar-refractivity contribution < 1.29 is 28.1 Å². The summed E-state index contributed by atoms with van der Waals surface area (Å²) in [5.74, 6) is 1.28. The van der Waals surface area contributed by atoms with E-state index in [1.165, 1.54) is 0 Å². The quantitative estimate of drug-likeness (QED) is 0.369. The smallest absolute Gasteiger partial charge is 0.387 e. The lowest BCUT2D eigenvalue weighted by Gasteiger charge is -2.17. The number of methoxy groups -OCH3 is 1. The predicted octanol–water partition coefficient (Wildman–Crippen LogP) is 3.48. The van der Waals surface area contributed by atoms with Crippen LogP contribution in [0.3, 0.4) is 0 Å². The van der Waals surface area contributed by atoms with Gasteiger partial charge in [0.2, 0.25) is 0 Å². The summed E-state index contributed by atoms with van der Waals surface area (Å²) in [5, 5.41) is 16.6. The van der Waals surface area contributed by atoms with Gasteiger partial charge in [-0.25, -0.2) is 4.99 Å². The van der Waals surface area contributed by atoms with E-state index in [1.807, 2.05) is 6.92 Å². The number of guanidine groups is 1.